The average Bonchev–Trinajstić information content (AvgIpc) is 2.29. The lowest BCUT2D eigenvalue weighted by Crippen LogP contribution is -2.15. The topological polar surface area (TPSA) is 38.5 Å². The van der Waals surface area contributed by atoms with E-state index in [-0.39, 0.29) is 0 Å². The molecule has 4 heteroatoms. The van der Waals surface area contributed by atoms with Crippen LogP contribution in [0.4, 0.5) is 0 Å². The maximum absolute atomic E-state index is 5.62. The molecule has 0 spiro atoms. The zero-order valence-electron chi connectivity index (χ0n) is 10.6. The molecular formula is C13H21BrN2O. The molecule has 1 aromatic carbocycles. The van der Waals surface area contributed by atoms with Gasteiger partial charge in [-0.3, -0.25) is 0 Å². The lowest BCUT2D eigenvalue weighted by molar-refractivity contribution is 0.311. The molecule has 0 heterocycles. The smallest absolute Gasteiger partial charge is 0.133 e. The largest absolute Gasteiger partial charge is 0.492 e. The number of hydrogen-bond donors (Lipinski definition) is 1. The Morgan fingerprint density at radius 1 is 1.35 bits per heavy atom. The molecular weight excluding hydrogens is 280 g/mol. The van der Waals surface area contributed by atoms with Crippen molar-refractivity contribution in [3.63, 3.8) is 0 Å². The van der Waals surface area contributed by atoms with Gasteiger partial charge in [0.1, 0.15) is 5.75 Å². The van der Waals surface area contributed by atoms with E-state index in [0.717, 1.165) is 29.6 Å². The second-order valence-electron chi connectivity index (χ2n) is 4.31. The van der Waals surface area contributed by atoms with Gasteiger partial charge in [-0.25, -0.2) is 0 Å². The number of ether oxygens (including phenoxy) is 1. The minimum absolute atomic E-state index is 0.665. The second kappa shape index (κ2) is 7.69. The summed E-state index contributed by atoms with van der Waals surface area (Å²) in [7, 11) is 4.17. The van der Waals surface area contributed by atoms with Crippen LogP contribution >= 0.6 is 15.9 Å². The molecule has 17 heavy (non-hydrogen) atoms. The van der Waals surface area contributed by atoms with Crippen molar-refractivity contribution < 1.29 is 4.74 Å². The van der Waals surface area contributed by atoms with E-state index in [1.807, 2.05) is 6.07 Å². The quantitative estimate of drug-likeness (QED) is 0.785. The van der Waals surface area contributed by atoms with Crippen LogP contribution in [-0.2, 0) is 6.42 Å². The number of nitrogens with zero attached hydrogens (tertiary/aromatic N) is 1. The Bertz CT molecular complexity index is 342. The lowest BCUT2D eigenvalue weighted by Gasteiger charge is -2.11. The Morgan fingerprint density at radius 3 is 2.71 bits per heavy atom. The number of hydrogen-bond acceptors (Lipinski definition) is 3. The zero-order chi connectivity index (χ0) is 12.7. The summed E-state index contributed by atoms with van der Waals surface area (Å²) in [4.78, 5) is 2.18. The monoisotopic (exact) mass is 300 g/mol. The summed E-state index contributed by atoms with van der Waals surface area (Å²) >= 11 is 3.54. The summed E-state index contributed by atoms with van der Waals surface area (Å²) in [6.45, 7) is 2.39. The van der Waals surface area contributed by atoms with E-state index in [1.54, 1.807) is 0 Å². The molecule has 0 fully saturated rings. The first-order chi connectivity index (χ1) is 8.13. The van der Waals surface area contributed by atoms with Crippen molar-refractivity contribution in [1.29, 1.82) is 0 Å². The lowest BCUT2D eigenvalue weighted by atomic mass is 10.1. The third-order valence-electron chi connectivity index (χ3n) is 2.45. The van der Waals surface area contributed by atoms with Crippen LogP contribution in [0, 0.1) is 0 Å². The molecule has 0 aliphatic carbocycles. The molecule has 96 valence electrons. The highest BCUT2D eigenvalue weighted by Gasteiger charge is 2.03. The number of likely N-dealkylation sites (N-methyl/N-ethyl adjacent to an activating group) is 1. The molecule has 0 saturated heterocycles. The minimum atomic E-state index is 0.665. The first-order valence-electron chi connectivity index (χ1n) is 5.89. The van der Waals surface area contributed by atoms with Crippen LogP contribution in [0.5, 0.6) is 5.75 Å². The Balaban J connectivity index is 2.53. The first kappa shape index (κ1) is 14.5. The van der Waals surface area contributed by atoms with Crippen molar-refractivity contribution in [2.45, 2.75) is 12.8 Å². The van der Waals surface area contributed by atoms with Gasteiger partial charge in [-0.1, -0.05) is 6.07 Å². The molecule has 1 rings (SSSR count). The SMILES string of the molecule is CN(C)CCc1ccc(OCCCN)c(Br)c1. The minimum Gasteiger partial charge on any atom is -0.492 e. The Kier molecular flexibility index (Phi) is 6.55. The van der Waals surface area contributed by atoms with E-state index in [4.69, 9.17) is 10.5 Å². The van der Waals surface area contributed by atoms with E-state index < -0.39 is 0 Å². The molecule has 0 aliphatic rings. The van der Waals surface area contributed by atoms with Gasteiger partial charge in [0.25, 0.3) is 0 Å². The van der Waals surface area contributed by atoms with E-state index in [0.29, 0.717) is 13.2 Å². The molecule has 3 nitrogen and oxygen atoms in total. The fourth-order valence-electron chi connectivity index (χ4n) is 1.44. The van der Waals surface area contributed by atoms with E-state index >= 15 is 0 Å². The third kappa shape index (κ3) is 5.52. The molecule has 0 radical (unpaired) electrons. The molecule has 2 N–H and O–H groups in total. The summed E-state index contributed by atoms with van der Waals surface area (Å²) in [6, 6.07) is 6.26. The number of rotatable bonds is 7. The van der Waals surface area contributed by atoms with Crippen molar-refractivity contribution in [1.82, 2.24) is 4.90 Å². The molecule has 0 aromatic heterocycles. The van der Waals surface area contributed by atoms with Crippen molar-refractivity contribution in [2.24, 2.45) is 5.73 Å². The summed E-state index contributed by atoms with van der Waals surface area (Å²) in [5, 5.41) is 0. The highest BCUT2D eigenvalue weighted by molar-refractivity contribution is 9.10. The fraction of sp³-hybridized carbons (Fsp3) is 0.538. The summed E-state index contributed by atoms with van der Waals surface area (Å²) in [5.74, 6) is 0.895. The highest BCUT2D eigenvalue weighted by Crippen LogP contribution is 2.26. The van der Waals surface area contributed by atoms with Gasteiger partial charge in [0.05, 0.1) is 11.1 Å². The molecule has 0 saturated carbocycles. The summed E-state index contributed by atoms with van der Waals surface area (Å²) < 4.78 is 6.64. The number of halogens is 1. The van der Waals surface area contributed by atoms with Crippen molar-refractivity contribution in [3.05, 3.63) is 28.2 Å². The Hall–Kier alpha value is -0.580. The third-order valence-corrected chi connectivity index (χ3v) is 3.07. The van der Waals surface area contributed by atoms with E-state index in [2.05, 4.69) is 47.1 Å². The van der Waals surface area contributed by atoms with Crippen molar-refractivity contribution in [3.8, 4) is 5.75 Å². The van der Waals surface area contributed by atoms with Crippen LogP contribution in [0.3, 0.4) is 0 Å². The normalized spacial score (nSPS) is 10.9. The Labute approximate surface area is 112 Å². The van der Waals surface area contributed by atoms with Crippen molar-refractivity contribution in [2.75, 3.05) is 33.8 Å². The van der Waals surface area contributed by atoms with E-state index in [1.165, 1.54) is 5.56 Å². The summed E-state index contributed by atoms with van der Waals surface area (Å²) in [6.07, 6.45) is 1.93. The van der Waals surface area contributed by atoms with Gasteiger partial charge in [0, 0.05) is 6.54 Å². The summed E-state index contributed by atoms with van der Waals surface area (Å²) in [5.41, 5.74) is 6.74. The second-order valence-corrected chi connectivity index (χ2v) is 5.16. The average molecular weight is 301 g/mol. The van der Waals surface area contributed by atoms with Gasteiger partial charge >= 0.3 is 0 Å². The van der Waals surface area contributed by atoms with Gasteiger partial charge in [-0.05, 0) is 67.1 Å². The number of benzene rings is 1. The molecule has 0 aliphatic heterocycles. The van der Waals surface area contributed by atoms with Gasteiger partial charge in [-0.2, -0.15) is 0 Å². The van der Waals surface area contributed by atoms with E-state index in [9.17, 15) is 0 Å². The molecule has 0 atom stereocenters. The predicted octanol–water partition coefficient (Wildman–Crippen LogP) is 2.28. The van der Waals surface area contributed by atoms with Crippen LogP contribution in [0.25, 0.3) is 0 Å². The number of nitrogens with two attached hydrogens (primary N) is 1. The van der Waals surface area contributed by atoms with Gasteiger partial charge in [0.15, 0.2) is 0 Å². The predicted molar refractivity (Wildman–Crippen MR) is 75.6 cm³/mol. The van der Waals surface area contributed by atoms with Crippen LogP contribution < -0.4 is 10.5 Å². The van der Waals surface area contributed by atoms with Gasteiger partial charge < -0.3 is 15.4 Å². The maximum Gasteiger partial charge on any atom is 0.133 e. The Morgan fingerprint density at radius 2 is 2.12 bits per heavy atom. The van der Waals surface area contributed by atoms with Crippen molar-refractivity contribution >= 4 is 15.9 Å². The molecule has 0 bridgehead atoms. The van der Waals surface area contributed by atoms with Gasteiger partial charge in [0.2, 0.25) is 0 Å². The molecule has 0 amide bonds. The van der Waals surface area contributed by atoms with Crippen LogP contribution in [0.2, 0.25) is 0 Å². The highest BCUT2D eigenvalue weighted by atomic mass is 79.9. The van der Waals surface area contributed by atoms with Crippen LogP contribution in [0.15, 0.2) is 22.7 Å². The van der Waals surface area contributed by atoms with Gasteiger partial charge in [-0.15, -0.1) is 0 Å². The van der Waals surface area contributed by atoms with Crippen LogP contribution in [0.1, 0.15) is 12.0 Å². The standard InChI is InChI=1S/C13H21BrN2O/c1-16(2)8-6-11-4-5-13(12(14)10-11)17-9-3-7-15/h4-5,10H,3,6-9,15H2,1-2H3. The fourth-order valence-corrected chi connectivity index (χ4v) is 1.98. The molecule has 0 unspecified atom stereocenters. The maximum atomic E-state index is 5.62. The van der Waals surface area contributed by atoms with Crippen LogP contribution in [-0.4, -0.2) is 38.7 Å². The first-order valence-corrected chi connectivity index (χ1v) is 6.69. The molecule has 1 aromatic rings. The zero-order valence-corrected chi connectivity index (χ0v) is 12.2.